The first-order valence-electron chi connectivity index (χ1n) is 7.26. The fourth-order valence-electron chi connectivity index (χ4n) is 2.18. The minimum Gasteiger partial charge on any atom is -0.494 e. The average Bonchev–Trinajstić information content (AvgIpc) is 2.80. The van der Waals surface area contributed by atoms with Crippen molar-refractivity contribution in [2.24, 2.45) is 0 Å². The molecule has 1 amide bonds. The van der Waals surface area contributed by atoms with E-state index in [4.69, 9.17) is 4.74 Å². The van der Waals surface area contributed by atoms with Gasteiger partial charge in [-0.05, 0) is 45.0 Å². The molecule has 0 saturated heterocycles. The number of anilines is 2. The van der Waals surface area contributed by atoms with Crippen LogP contribution < -0.4 is 15.0 Å². The Bertz CT molecular complexity index is 615. The summed E-state index contributed by atoms with van der Waals surface area (Å²) in [5.41, 5.74) is 3.36. The van der Waals surface area contributed by atoms with Gasteiger partial charge in [-0.15, -0.1) is 0 Å². The molecule has 118 valence electrons. The minimum atomic E-state index is -0.0796. The first kappa shape index (κ1) is 15.9. The van der Waals surface area contributed by atoms with Gasteiger partial charge in [-0.2, -0.15) is 5.10 Å². The highest BCUT2D eigenvalue weighted by molar-refractivity contribution is 5.95. The van der Waals surface area contributed by atoms with Crippen LogP contribution in [0.2, 0.25) is 0 Å². The van der Waals surface area contributed by atoms with Crippen molar-refractivity contribution in [3.63, 3.8) is 0 Å². The van der Waals surface area contributed by atoms with E-state index in [-0.39, 0.29) is 12.5 Å². The Balaban J connectivity index is 1.96. The Kier molecular flexibility index (Phi) is 5.04. The molecule has 0 saturated carbocycles. The number of hydrogen-bond acceptors (Lipinski definition) is 4. The number of benzene rings is 1. The number of aryl methyl sites for hydroxylation is 2. The number of amides is 1. The Morgan fingerprint density at radius 3 is 2.55 bits per heavy atom. The van der Waals surface area contributed by atoms with E-state index in [2.05, 4.69) is 15.5 Å². The molecule has 0 atom stereocenters. The van der Waals surface area contributed by atoms with Crippen LogP contribution in [0.5, 0.6) is 5.75 Å². The van der Waals surface area contributed by atoms with Crippen LogP contribution in [-0.2, 0) is 4.79 Å². The summed E-state index contributed by atoms with van der Waals surface area (Å²) in [4.78, 5) is 14.0. The van der Waals surface area contributed by atoms with Crippen LogP contribution in [0.25, 0.3) is 0 Å². The number of nitrogens with zero attached hydrogens (tertiary/aromatic N) is 2. The van der Waals surface area contributed by atoms with E-state index in [0.717, 1.165) is 28.5 Å². The zero-order valence-corrected chi connectivity index (χ0v) is 13.4. The van der Waals surface area contributed by atoms with Gasteiger partial charge in [-0.1, -0.05) is 0 Å². The molecule has 0 aliphatic heterocycles. The number of carbonyl (C=O) groups excluding carboxylic acids is 1. The molecule has 1 aromatic heterocycles. The highest BCUT2D eigenvalue weighted by Gasteiger charge is 2.12. The van der Waals surface area contributed by atoms with Crippen LogP contribution >= 0.6 is 0 Å². The molecule has 22 heavy (non-hydrogen) atoms. The van der Waals surface area contributed by atoms with E-state index in [0.29, 0.717) is 6.61 Å². The summed E-state index contributed by atoms with van der Waals surface area (Å²) in [6.07, 6.45) is 0. The minimum absolute atomic E-state index is 0.0796. The van der Waals surface area contributed by atoms with Crippen LogP contribution in [0.15, 0.2) is 24.3 Å². The van der Waals surface area contributed by atoms with E-state index in [1.54, 1.807) is 0 Å². The fraction of sp³-hybridized carbons (Fsp3) is 0.375. The van der Waals surface area contributed by atoms with Crippen LogP contribution in [0.4, 0.5) is 11.4 Å². The zero-order valence-electron chi connectivity index (χ0n) is 13.4. The van der Waals surface area contributed by atoms with E-state index in [9.17, 15) is 4.79 Å². The van der Waals surface area contributed by atoms with Gasteiger partial charge in [0.1, 0.15) is 5.75 Å². The Morgan fingerprint density at radius 2 is 2.00 bits per heavy atom. The molecule has 0 fully saturated rings. The lowest BCUT2D eigenvalue weighted by molar-refractivity contribution is -0.114. The van der Waals surface area contributed by atoms with Crippen molar-refractivity contribution in [2.75, 3.05) is 30.4 Å². The summed E-state index contributed by atoms with van der Waals surface area (Å²) in [6.45, 7) is 6.59. The van der Waals surface area contributed by atoms with Gasteiger partial charge in [-0.3, -0.25) is 9.89 Å². The van der Waals surface area contributed by atoms with Crippen molar-refractivity contribution >= 4 is 17.3 Å². The van der Waals surface area contributed by atoms with Gasteiger partial charge in [0.25, 0.3) is 0 Å². The molecule has 0 radical (unpaired) electrons. The lowest BCUT2D eigenvalue weighted by atomic mass is 10.2. The number of rotatable bonds is 6. The molecule has 0 spiro atoms. The Labute approximate surface area is 130 Å². The summed E-state index contributed by atoms with van der Waals surface area (Å²) in [5, 5.41) is 9.81. The number of hydrogen-bond donors (Lipinski definition) is 2. The molecule has 6 nitrogen and oxygen atoms in total. The largest absolute Gasteiger partial charge is 0.494 e. The molecule has 1 aromatic carbocycles. The third-order valence-electron chi connectivity index (χ3n) is 3.36. The molecule has 1 heterocycles. The molecule has 2 aromatic rings. The van der Waals surface area contributed by atoms with E-state index >= 15 is 0 Å². The molecule has 0 unspecified atom stereocenters. The predicted octanol–water partition coefficient (Wildman–Crippen LogP) is 2.50. The molecule has 0 aliphatic carbocycles. The normalized spacial score (nSPS) is 10.4. The molecular weight excluding hydrogens is 280 g/mol. The second kappa shape index (κ2) is 6.98. The summed E-state index contributed by atoms with van der Waals surface area (Å²) < 4.78 is 5.41. The molecule has 2 rings (SSSR count). The smallest absolute Gasteiger partial charge is 0.243 e. The predicted molar refractivity (Wildman–Crippen MR) is 87.6 cm³/mol. The Morgan fingerprint density at radius 1 is 1.32 bits per heavy atom. The van der Waals surface area contributed by atoms with Gasteiger partial charge in [-0.25, -0.2) is 0 Å². The maximum Gasteiger partial charge on any atom is 0.243 e. The number of ether oxygens (including phenoxy) is 1. The van der Waals surface area contributed by atoms with Crippen LogP contribution in [0, 0.1) is 13.8 Å². The number of aromatic nitrogens is 2. The van der Waals surface area contributed by atoms with Crippen molar-refractivity contribution in [1.29, 1.82) is 0 Å². The second-order valence-corrected chi connectivity index (χ2v) is 5.14. The van der Waals surface area contributed by atoms with E-state index in [1.165, 1.54) is 0 Å². The maximum atomic E-state index is 12.1. The van der Waals surface area contributed by atoms with Crippen LogP contribution in [-0.4, -0.2) is 36.3 Å². The van der Waals surface area contributed by atoms with Crippen molar-refractivity contribution in [1.82, 2.24) is 10.2 Å². The van der Waals surface area contributed by atoms with Crippen molar-refractivity contribution in [3.05, 3.63) is 35.7 Å². The molecule has 0 bridgehead atoms. The summed E-state index contributed by atoms with van der Waals surface area (Å²) in [7, 11) is 1.88. The third kappa shape index (κ3) is 3.78. The SMILES string of the molecule is CCOc1ccc(N(C)CC(=O)Nc2c(C)n[nH]c2C)cc1. The first-order chi connectivity index (χ1) is 10.5. The van der Waals surface area contributed by atoms with Crippen LogP contribution in [0.3, 0.4) is 0 Å². The van der Waals surface area contributed by atoms with Gasteiger partial charge in [0, 0.05) is 12.7 Å². The number of aromatic amines is 1. The zero-order chi connectivity index (χ0) is 16.1. The molecule has 6 heteroatoms. The van der Waals surface area contributed by atoms with E-state index in [1.807, 2.05) is 57.0 Å². The third-order valence-corrected chi connectivity index (χ3v) is 3.36. The highest BCUT2D eigenvalue weighted by atomic mass is 16.5. The fourth-order valence-corrected chi connectivity index (χ4v) is 2.18. The highest BCUT2D eigenvalue weighted by Crippen LogP contribution is 2.19. The summed E-state index contributed by atoms with van der Waals surface area (Å²) >= 11 is 0. The topological polar surface area (TPSA) is 70.2 Å². The van der Waals surface area contributed by atoms with E-state index < -0.39 is 0 Å². The monoisotopic (exact) mass is 302 g/mol. The molecule has 0 aliphatic rings. The lowest BCUT2D eigenvalue weighted by Gasteiger charge is -2.19. The van der Waals surface area contributed by atoms with Crippen LogP contribution in [0.1, 0.15) is 18.3 Å². The van der Waals surface area contributed by atoms with Gasteiger partial charge < -0.3 is 15.0 Å². The average molecular weight is 302 g/mol. The maximum absolute atomic E-state index is 12.1. The first-order valence-corrected chi connectivity index (χ1v) is 7.26. The van der Waals surface area contributed by atoms with Gasteiger partial charge in [0.15, 0.2) is 0 Å². The Hall–Kier alpha value is -2.50. The summed E-state index contributed by atoms with van der Waals surface area (Å²) in [6, 6.07) is 7.68. The number of H-pyrrole nitrogens is 1. The van der Waals surface area contributed by atoms with Gasteiger partial charge >= 0.3 is 0 Å². The quantitative estimate of drug-likeness (QED) is 0.860. The van der Waals surface area contributed by atoms with Crippen molar-refractivity contribution < 1.29 is 9.53 Å². The van der Waals surface area contributed by atoms with Crippen molar-refractivity contribution in [2.45, 2.75) is 20.8 Å². The molecular formula is C16H22N4O2. The number of likely N-dealkylation sites (N-methyl/N-ethyl adjacent to an activating group) is 1. The lowest BCUT2D eigenvalue weighted by Crippen LogP contribution is -2.30. The van der Waals surface area contributed by atoms with Crippen molar-refractivity contribution in [3.8, 4) is 5.75 Å². The molecule has 2 N–H and O–H groups in total. The number of carbonyl (C=O) groups is 1. The number of nitrogens with one attached hydrogen (secondary N) is 2. The second-order valence-electron chi connectivity index (χ2n) is 5.14. The van der Waals surface area contributed by atoms with Gasteiger partial charge in [0.2, 0.25) is 5.91 Å². The standard InChI is InChI=1S/C16H22N4O2/c1-5-22-14-8-6-13(7-9-14)20(4)10-15(21)17-16-11(2)18-19-12(16)3/h6-9H,5,10H2,1-4H3,(H,17,21)(H,18,19). The van der Waals surface area contributed by atoms with Gasteiger partial charge in [0.05, 0.1) is 30.2 Å². The summed E-state index contributed by atoms with van der Waals surface area (Å²) in [5.74, 6) is 0.748.